The van der Waals surface area contributed by atoms with Crippen LogP contribution in [0, 0.1) is 0 Å². The molecule has 2 aromatic rings. The highest BCUT2D eigenvalue weighted by Crippen LogP contribution is 2.29. The van der Waals surface area contributed by atoms with Crippen LogP contribution in [0.5, 0.6) is 0 Å². The molecule has 2 nitrogen and oxygen atoms in total. The Morgan fingerprint density at radius 2 is 2.25 bits per heavy atom. The van der Waals surface area contributed by atoms with E-state index in [9.17, 15) is 0 Å². The average molecular weight is 215 g/mol. The van der Waals surface area contributed by atoms with Gasteiger partial charge in [-0.1, -0.05) is 18.2 Å². The van der Waals surface area contributed by atoms with Gasteiger partial charge in [0.2, 0.25) is 0 Å². The third-order valence-electron chi connectivity index (χ3n) is 3.51. The number of hydrogen-bond acceptors (Lipinski definition) is 1. The zero-order valence-electron chi connectivity index (χ0n) is 9.45. The van der Waals surface area contributed by atoms with Crippen LogP contribution in [-0.2, 0) is 19.4 Å². The summed E-state index contributed by atoms with van der Waals surface area (Å²) in [6, 6.07) is 6.62. The molecule has 0 aliphatic carbocycles. The van der Waals surface area contributed by atoms with E-state index in [1.807, 2.05) is 0 Å². The maximum absolute atomic E-state index is 8.92. The van der Waals surface area contributed by atoms with E-state index in [-0.39, 0.29) is 6.61 Å². The van der Waals surface area contributed by atoms with Crippen molar-refractivity contribution in [1.29, 1.82) is 0 Å². The molecule has 84 valence electrons. The van der Waals surface area contributed by atoms with Crippen LogP contribution in [0.3, 0.4) is 0 Å². The second-order valence-electron chi connectivity index (χ2n) is 4.59. The van der Waals surface area contributed by atoms with Crippen molar-refractivity contribution >= 4 is 10.9 Å². The van der Waals surface area contributed by atoms with E-state index in [1.54, 1.807) is 0 Å². The van der Waals surface area contributed by atoms with Crippen molar-refractivity contribution in [2.45, 2.75) is 32.2 Å². The Labute approximate surface area is 95.5 Å². The van der Waals surface area contributed by atoms with Crippen molar-refractivity contribution in [2.75, 3.05) is 6.61 Å². The smallest absolute Gasteiger partial charge is 0.0515 e. The molecule has 0 bridgehead atoms. The number of aliphatic hydroxyl groups is 1. The van der Waals surface area contributed by atoms with Gasteiger partial charge in [-0.15, -0.1) is 0 Å². The first-order valence-corrected chi connectivity index (χ1v) is 6.10. The van der Waals surface area contributed by atoms with E-state index in [2.05, 4.69) is 29.0 Å². The van der Waals surface area contributed by atoms with Gasteiger partial charge in [0.1, 0.15) is 0 Å². The zero-order valence-corrected chi connectivity index (χ0v) is 9.45. The number of aromatic nitrogens is 1. The van der Waals surface area contributed by atoms with Crippen molar-refractivity contribution < 1.29 is 5.11 Å². The van der Waals surface area contributed by atoms with Gasteiger partial charge in [-0.05, 0) is 36.8 Å². The molecule has 1 aromatic heterocycles. The normalized spacial score (nSPS) is 14.6. The highest BCUT2D eigenvalue weighted by atomic mass is 16.2. The number of hydrogen-bond donors (Lipinski definition) is 1. The van der Waals surface area contributed by atoms with Crippen LogP contribution in [0.4, 0.5) is 0 Å². The van der Waals surface area contributed by atoms with E-state index in [0.29, 0.717) is 0 Å². The molecule has 16 heavy (non-hydrogen) atoms. The summed E-state index contributed by atoms with van der Waals surface area (Å²) in [6.45, 7) is 1.43. The van der Waals surface area contributed by atoms with Crippen molar-refractivity contribution in [2.24, 2.45) is 0 Å². The van der Waals surface area contributed by atoms with E-state index >= 15 is 0 Å². The maximum atomic E-state index is 8.92. The lowest BCUT2D eigenvalue weighted by Crippen LogP contribution is -2.05. The summed E-state index contributed by atoms with van der Waals surface area (Å²) in [5.74, 6) is 0. The molecule has 1 aliphatic rings. The van der Waals surface area contributed by atoms with Gasteiger partial charge in [0.25, 0.3) is 0 Å². The van der Waals surface area contributed by atoms with E-state index in [1.165, 1.54) is 34.9 Å². The fraction of sp³-hybridized carbons (Fsp3) is 0.429. The molecule has 0 fully saturated rings. The number of rotatable bonds is 3. The predicted octanol–water partition coefficient (Wildman–Crippen LogP) is 2.51. The Kier molecular flexibility index (Phi) is 2.44. The molecule has 0 amide bonds. The van der Waals surface area contributed by atoms with Crippen molar-refractivity contribution in [3.8, 4) is 0 Å². The lowest BCUT2D eigenvalue weighted by atomic mass is 10.0. The summed E-state index contributed by atoms with van der Waals surface area (Å²) in [5, 5.41) is 10.3. The summed E-state index contributed by atoms with van der Waals surface area (Å²) in [5.41, 5.74) is 4.31. The average Bonchev–Trinajstić information content (AvgIpc) is 2.68. The fourth-order valence-corrected chi connectivity index (χ4v) is 2.80. The first-order chi connectivity index (χ1) is 7.90. The molecule has 0 saturated carbocycles. The third kappa shape index (κ3) is 1.45. The molecule has 0 saturated heterocycles. The Bertz CT molecular complexity index is 513. The number of para-hydroxylation sites is 1. The lowest BCUT2D eigenvalue weighted by Gasteiger charge is -2.14. The molecule has 2 heterocycles. The SMILES string of the molecule is OCCCc1cn2c3c(cccc13)CCC2. The van der Waals surface area contributed by atoms with Crippen molar-refractivity contribution in [3.05, 3.63) is 35.5 Å². The van der Waals surface area contributed by atoms with E-state index in [0.717, 1.165) is 19.4 Å². The summed E-state index contributed by atoms with van der Waals surface area (Å²) < 4.78 is 2.39. The molecule has 2 heteroatoms. The number of aliphatic hydroxyl groups excluding tert-OH is 1. The van der Waals surface area contributed by atoms with Gasteiger partial charge in [-0.25, -0.2) is 0 Å². The van der Waals surface area contributed by atoms with Crippen molar-refractivity contribution in [3.63, 3.8) is 0 Å². The Balaban J connectivity index is 2.14. The highest BCUT2D eigenvalue weighted by molar-refractivity contribution is 5.87. The van der Waals surface area contributed by atoms with Crippen LogP contribution >= 0.6 is 0 Å². The number of nitrogens with zero attached hydrogens (tertiary/aromatic N) is 1. The standard InChI is InChI=1S/C14H17NO/c16-9-3-6-12-10-15-8-2-5-11-4-1-7-13(12)14(11)15/h1,4,7,10,16H,2-3,5-6,8-9H2. The van der Waals surface area contributed by atoms with Crippen LogP contribution in [0.25, 0.3) is 10.9 Å². The largest absolute Gasteiger partial charge is 0.396 e. The molecule has 0 unspecified atom stereocenters. The van der Waals surface area contributed by atoms with Gasteiger partial charge >= 0.3 is 0 Å². The topological polar surface area (TPSA) is 25.2 Å². The van der Waals surface area contributed by atoms with Crippen LogP contribution in [0.1, 0.15) is 24.0 Å². The molecule has 1 N–H and O–H groups in total. The first kappa shape index (κ1) is 9.91. The first-order valence-electron chi connectivity index (χ1n) is 6.10. The zero-order chi connectivity index (χ0) is 11.0. The minimum absolute atomic E-state index is 0.284. The Morgan fingerprint density at radius 1 is 1.31 bits per heavy atom. The molecule has 0 radical (unpaired) electrons. The van der Waals surface area contributed by atoms with Crippen LogP contribution < -0.4 is 0 Å². The maximum Gasteiger partial charge on any atom is 0.0515 e. The Morgan fingerprint density at radius 3 is 3.12 bits per heavy atom. The van der Waals surface area contributed by atoms with Crippen LogP contribution in [-0.4, -0.2) is 16.3 Å². The van der Waals surface area contributed by atoms with Crippen molar-refractivity contribution in [1.82, 2.24) is 4.57 Å². The van der Waals surface area contributed by atoms with Gasteiger partial charge in [0, 0.05) is 24.7 Å². The summed E-state index contributed by atoms with van der Waals surface area (Å²) in [7, 11) is 0. The minimum Gasteiger partial charge on any atom is -0.396 e. The van der Waals surface area contributed by atoms with Gasteiger partial charge in [-0.3, -0.25) is 0 Å². The third-order valence-corrected chi connectivity index (χ3v) is 3.51. The van der Waals surface area contributed by atoms with Gasteiger partial charge in [0.15, 0.2) is 0 Å². The van der Waals surface area contributed by atoms with Gasteiger partial charge in [-0.2, -0.15) is 0 Å². The summed E-state index contributed by atoms with van der Waals surface area (Å²) >= 11 is 0. The second-order valence-corrected chi connectivity index (χ2v) is 4.59. The predicted molar refractivity (Wildman–Crippen MR) is 65.7 cm³/mol. The summed E-state index contributed by atoms with van der Waals surface area (Å²) in [4.78, 5) is 0. The molecular weight excluding hydrogens is 198 g/mol. The van der Waals surface area contributed by atoms with E-state index < -0.39 is 0 Å². The fourth-order valence-electron chi connectivity index (χ4n) is 2.80. The van der Waals surface area contributed by atoms with E-state index in [4.69, 9.17) is 5.11 Å². The molecule has 0 spiro atoms. The van der Waals surface area contributed by atoms with Crippen LogP contribution in [0.15, 0.2) is 24.4 Å². The molecule has 1 aromatic carbocycles. The minimum atomic E-state index is 0.284. The summed E-state index contributed by atoms with van der Waals surface area (Å²) in [6.07, 6.45) is 6.59. The lowest BCUT2D eigenvalue weighted by molar-refractivity contribution is 0.288. The van der Waals surface area contributed by atoms with Gasteiger partial charge in [0.05, 0.1) is 5.52 Å². The highest BCUT2D eigenvalue weighted by Gasteiger charge is 2.14. The molecule has 1 aliphatic heterocycles. The van der Waals surface area contributed by atoms with Gasteiger partial charge < -0.3 is 9.67 Å². The quantitative estimate of drug-likeness (QED) is 0.836. The molecule has 3 rings (SSSR count). The Hall–Kier alpha value is -1.28. The van der Waals surface area contributed by atoms with Crippen LogP contribution in [0.2, 0.25) is 0 Å². The number of benzene rings is 1. The monoisotopic (exact) mass is 215 g/mol. The number of aryl methyl sites for hydroxylation is 3. The molecule has 0 atom stereocenters. The second kappa shape index (κ2) is 3.95. The molecular formula is C14H17NO.